The normalized spacial score (nSPS) is 12.1. The lowest BCUT2D eigenvalue weighted by Gasteiger charge is -2.14. The van der Waals surface area contributed by atoms with Crippen LogP contribution in [0.4, 0.5) is 5.69 Å². The number of rotatable bonds is 5. The average Bonchev–Trinajstić information content (AvgIpc) is 3.07. The molecule has 1 aromatic heterocycles. The van der Waals surface area contributed by atoms with E-state index in [0.29, 0.717) is 0 Å². The van der Waals surface area contributed by atoms with Crippen LogP contribution in [0.15, 0.2) is 84.0 Å². The Morgan fingerprint density at radius 3 is 2.39 bits per heavy atom. The van der Waals surface area contributed by atoms with Crippen molar-refractivity contribution in [2.75, 3.05) is 5.32 Å². The van der Waals surface area contributed by atoms with Crippen LogP contribution in [0.2, 0.25) is 0 Å². The van der Waals surface area contributed by atoms with Crippen LogP contribution in [0.3, 0.4) is 0 Å². The fraction of sp³-hybridized carbons (Fsp3) is 0.130. The number of anilines is 1. The van der Waals surface area contributed by atoms with Gasteiger partial charge in [0.15, 0.2) is 5.16 Å². The van der Waals surface area contributed by atoms with Crippen LogP contribution in [0.5, 0.6) is 0 Å². The molecule has 5 heteroatoms. The summed E-state index contributed by atoms with van der Waals surface area (Å²) in [6.45, 7) is 3.98. The molecule has 0 spiro atoms. The number of fused-ring (bicyclic) bond motifs is 1. The highest BCUT2D eigenvalue weighted by molar-refractivity contribution is 8.00. The summed E-state index contributed by atoms with van der Waals surface area (Å²) in [5.41, 5.74) is 4.99. The molecule has 4 rings (SSSR count). The van der Waals surface area contributed by atoms with Gasteiger partial charge in [-0.1, -0.05) is 59.8 Å². The van der Waals surface area contributed by atoms with Crippen LogP contribution < -0.4 is 5.32 Å². The zero-order valence-electron chi connectivity index (χ0n) is 15.8. The van der Waals surface area contributed by atoms with Crippen LogP contribution in [-0.2, 0) is 4.79 Å². The average molecular weight is 388 g/mol. The topological polar surface area (TPSA) is 46.9 Å². The molecule has 1 heterocycles. The number of hydrogen-bond donors (Lipinski definition) is 1. The molecule has 1 N–H and O–H groups in total. The maximum atomic E-state index is 12.7. The third kappa shape index (κ3) is 3.80. The minimum atomic E-state index is -0.291. The van der Waals surface area contributed by atoms with E-state index in [1.54, 1.807) is 0 Å². The molecular formula is C23H21N3OS. The number of para-hydroxylation sites is 3. The number of thioether (sulfide) groups is 1. The molecule has 0 radical (unpaired) electrons. The number of hydrogen-bond acceptors (Lipinski definition) is 3. The number of benzene rings is 3. The van der Waals surface area contributed by atoms with E-state index in [0.717, 1.165) is 27.6 Å². The van der Waals surface area contributed by atoms with Gasteiger partial charge in [0.2, 0.25) is 5.91 Å². The van der Waals surface area contributed by atoms with Gasteiger partial charge in [0.25, 0.3) is 0 Å². The Hall–Kier alpha value is -3.05. The summed E-state index contributed by atoms with van der Waals surface area (Å²) >= 11 is 1.46. The lowest BCUT2D eigenvalue weighted by atomic mass is 10.2. The molecule has 1 atom stereocenters. The highest BCUT2D eigenvalue weighted by atomic mass is 32.2. The van der Waals surface area contributed by atoms with Crippen molar-refractivity contribution in [2.24, 2.45) is 0 Å². The van der Waals surface area contributed by atoms with Crippen LogP contribution >= 0.6 is 11.8 Å². The van der Waals surface area contributed by atoms with Crippen LogP contribution in [0.1, 0.15) is 12.5 Å². The van der Waals surface area contributed by atoms with Crippen molar-refractivity contribution in [2.45, 2.75) is 24.3 Å². The number of amides is 1. The first-order valence-corrected chi connectivity index (χ1v) is 10.1. The van der Waals surface area contributed by atoms with Gasteiger partial charge >= 0.3 is 0 Å². The van der Waals surface area contributed by atoms with Gasteiger partial charge in [-0.15, -0.1) is 0 Å². The van der Waals surface area contributed by atoms with E-state index in [-0.39, 0.29) is 11.2 Å². The van der Waals surface area contributed by atoms with Crippen LogP contribution in [-0.4, -0.2) is 20.7 Å². The fourth-order valence-corrected chi connectivity index (χ4v) is 3.95. The second-order valence-corrected chi connectivity index (χ2v) is 7.98. The molecule has 28 heavy (non-hydrogen) atoms. The minimum Gasteiger partial charge on any atom is -0.325 e. The number of carbonyl (C=O) groups is 1. The van der Waals surface area contributed by atoms with Gasteiger partial charge in [-0.25, -0.2) is 4.98 Å². The molecule has 4 nitrogen and oxygen atoms in total. The minimum absolute atomic E-state index is 0.0429. The van der Waals surface area contributed by atoms with Gasteiger partial charge in [0.05, 0.1) is 16.3 Å². The van der Waals surface area contributed by atoms with Gasteiger partial charge < -0.3 is 5.32 Å². The molecular weight excluding hydrogens is 366 g/mol. The highest BCUT2D eigenvalue weighted by Gasteiger charge is 2.20. The molecule has 0 aliphatic carbocycles. The molecule has 1 amide bonds. The zero-order valence-corrected chi connectivity index (χ0v) is 16.6. The summed E-state index contributed by atoms with van der Waals surface area (Å²) in [5, 5.41) is 3.48. The van der Waals surface area contributed by atoms with Crippen molar-refractivity contribution >= 4 is 34.4 Å². The summed E-state index contributed by atoms with van der Waals surface area (Å²) < 4.78 is 2.12. The molecule has 0 fully saturated rings. The monoisotopic (exact) mass is 387 g/mol. The predicted octanol–water partition coefficient (Wildman–Crippen LogP) is 5.45. The molecule has 4 aromatic rings. The Morgan fingerprint density at radius 2 is 1.64 bits per heavy atom. The summed E-state index contributed by atoms with van der Waals surface area (Å²) in [4.78, 5) is 17.4. The van der Waals surface area contributed by atoms with Gasteiger partial charge in [0.1, 0.15) is 0 Å². The summed E-state index contributed by atoms with van der Waals surface area (Å²) in [7, 11) is 0. The summed E-state index contributed by atoms with van der Waals surface area (Å²) in [6.07, 6.45) is 0. The maximum absolute atomic E-state index is 12.7. The number of imidazole rings is 1. The number of aromatic nitrogens is 2. The van der Waals surface area contributed by atoms with Crippen LogP contribution in [0, 0.1) is 6.92 Å². The van der Waals surface area contributed by atoms with E-state index in [1.807, 2.05) is 55.5 Å². The number of nitrogens with zero attached hydrogens (tertiary/aromatic N) is 2. The molecule has 0 unspecified atom stereocenters. The highest BCUT2D eigenvalue weighted by Crippen LogP contribution is 2.31. The van der Waals surface area contributed by atoms with Crippen molar-refractivity contribution in [3.05, 3.63) is 84.4 Å². The Bertz CT molecular complexity index is 1100. The first kappa shape index (κ1) is 18.3. The van der Waals surface area contributed by atoms with Crippen LogP contribution in [0.25, 0.3) is 16.7 Å². The van der Waals surface area contributed by atoms with Crippen molar-refractivity contribution < 1.29 is 4.79 Å². The van der Waals surface area contributed by atoms with E-state index in [1.165, 1.54) is 17.3 Å². The van der Waals surface area contributed by atoms with Gasteiger partial charge in [-0.3, -0.25) is 9.36 Å². The summed E-state index contributed by atoms with van der Waals surface area (Å²) in [5.74, 6) is -0.0429. The van der Waals surface area contributed by atoms with E-state index in [4.69, 9.17) is 4.98 Å². The quantitative estimate of drug-likeness (QED) is 0.463. The Labute approximate surface area is 168 Å². The van der Waals surface area contributed by atoms with Gasteiger partial charge in [0, 0.05) is 11.4 Å². The van der Waals surface area contributed by atoms with Gasteiger partial charge in [-0.2, -0.15) is 0 Å². The second-order valence-electron chi connectivity index (χ2n) is 6.67. The first-order valence-electron chi connectivity index (χ1n) is 9.19. The fourth-order valence-electron chi connectivity index (χ4n) is 3.00. The lowest BCUT2D eigenvalue weighted by Crippen LogP contribution is -2.22. The largest absolute Gasteiger partial charge is 0.325 e. The second kappa shape index (κ2) is 7.90. The van der Waals surface area contributed by atoms with Gasteiger partial charge in [-0.05, 0) is 50.2 Å². The Morgan fingerprint density at radius 1 is 0.964 bits per heavy atom. The zero-order chi connectivity index (χ0) is 19.5. The summed E-state index contributed by atoms with van der Waals surface area (Å²) in [6, 6.07) is 25.9. The third-order valence-electron chi connectivity index (χ3n) is 4.51. The van der Waals surface area contributed by atoms with E-state index in [9.17, 15) is 4.79 Å². The molecule has 0 bridgehead atoms. The Balaban J connectivity index is 1.65. The van der Waals surface area contributed by atoms with E-state index < -0.39 is 0 Å². The molecule has 0 saturated heterocycles. The molecule has 0 aliphatic rings. The van der Waals surface area contributed by atoms with E-state index in [2.05, 4.69) is 47.1 Å². The number of nitrogens with one attached hydrogen (secondary N) is 1. The van der Waals surface area contributed by atoms with E-state index >= 15 is 0 Å². The van der Waals surface area contributed by atoms with Crippen molar-refractivity contribution in [3.63, 3.8) is 0 Å². The SMILES string of the molecule is Cc1ccc(-n2c(S[C@H](C)C(=O)Nc3ccccc3)nc3ccccc32)cc1. The molecule has 140 valence electrons. The third-order valence-corrected chi connectivity index (χ3v) is 5.57. The first-order chi connectivity index (χ1) is 13.6. The van der Waals surface area contributed by atoms with Crippen molar-refractivity contribution in [1.82, 2.24) is 9.55 Å². The number of aryl methyl sites for hydroxylation is 1. The standard InChI is InChI=1S/C23H21N3OS/c1-16-12-14-19(15-13-16)26-21-11-7-6-10-20(21)25-23(26)28-17(2)22(27)24-18-8-4-3-5-9-18/h3-15,17H,1-2H3,(H,24,27)/t17-/m1/s1. The van der Waals surface area contributed by atoms with Crippen molar-refractivity contribution in [1.29, 1.82) is 0 Å². The van der Waals surface area contributed by atoms with Crippen molar-refractivity contribution in [3.8, 4) is 5.69 Å². The Kier molecular flexibility index (Phi) is 5.17. The smallest absolute Gasteiger partial charge is 0.237 e. The predicted molar refractivity (Wildman–Crippen MR) is 116 cm³/mol. The molecule has 0 aliphatic heterocycles. The number of carbonyl (C=O) groups excluding carboxylic acids is 1. The molecule has 3 aromatic carbocycles. The molecule has 0 saturated carbocycles. The lowest BCUT2D eigenvalue weighted by molar-refractivity contribution is -0.115. The maximum Gasteiger partial charge on any atom is 0.237 e.